The number of rotatable bonds is 6. The molecule has 0 aliphatic heterocycles. The van der Waals surface area contributed by atoms with Gasteiger partial charge in [0.1, 0.15) is 11.8 Å². The third-order valence-corrected chi connectivity index (χ3v) is 5.06. The molecule has 0 aliphatic rings. The molecule has 5 heteroatoms. The van der Waals surface area contributed by atoms with Gasteiger partial charge in [-0.1, -0.05) is 42.5 Å². The molecule has 1 heterocycles. The Balaban J connectivity index is 2.00. The van der Waals surface area contributed by atoms with Crippen LogP contribution in [0, 0.1) is 13.8 Å². The summed E-state index contributed by atoms with van der Waals surface area (Å²) in [5.74, 6) is 3.26. The number of nitrogens with zero attached hydrogens (tertiary/aromatic N) is 3. The summed E-state index contributed by atoms with van der Waals surface area (Å²) < 4.78 is 0. The van der Waals surface area contributed by atoms with Crippen LogP contribution in [-0.2, 0) is 4.79 Å². The number of hydrogen-bond acceptors (Lipinski definition) is 5. The maximum atomic E-state index is 11.2. The Labute approximate surface area is 177 Å². The Hall–Kier alpha value is -3.69. The Kier molecular flexibility index (Phi) is 6.14. The average molecular weight is 399 g/mol. The van der Waals surface area contributed by atoms with E-state index in [-0.39, 0.29) is 0 Å². The third kappa shape index (κ3) is 4.32. The fraction of sp³-hybridized carbons (Fsp3) is 0.200. The Morgan fingerprint density at radius 1 is 1.10 bits per heavy atom. The smallest absolute Gasteiger partial charge is 0.229 e. The van der Waals surface area contributed by atoms with Crippen LogP contribution in [0.5, 0.6) is 0 Å². The summed E-state index contributed by atoms with van der Waals surface area (Å²) in [5.41, 5.74) is 7.28. The van der Waals surface area contributed by atoms with Crippen molar-refractivity contribution < 1.29 is 4.79 Å². The molecule has 0 spiro atoms. The van der Waals surface area contributed by atoms with Gasteiger partial charge in [-0.15, -0.1) is 0 Å². The number of para-hydroxylation sites is 1. The first kappa shape index (κ1) is 21.0. The van der Waals surface area contributed by atoms with Crippen LogP contribution < -0.4 is 10.2 Å². The zero-order chi connectivity index (χ0) is 21.8. The molecular weight excluding hydrogens is 372 g/mol. The van der Waals surface area contributed by atoms with Crippen molar-refractivity contribution in [1.82, 2.24) is 9.97 Å². The van der Waals surface area contributed by atoms with E-state index in [4.69, 9.17) is 4.98 Å². The summed E-state index contributed by atoms with van der Waals surface area (Å²) >= 11 is 0. The molecule has 30 heavy (non-hydrogen) atoms. The summed E-state index contributed by atoms with van der Waals surface area (Å²) in [6, 6.07) is 13.9. The van der Waals surface area contributed by atoms with Crippen molar-refractivity contribution in [2.24, 2.45) is 0 Å². The average Bonchev–Trinajstić information content (AvgIpc) is 2.75. The summed E-state index contributed by atoms with van der Waals surface area (Å²) in [6.07, 6.45) is 1.80. The number of nitrogens with one attached hydrogen (secondary N) is 1. The minimum atomic E-state index is 0.504. The molecule has 0 radical (unpaired) electrons. The predicted octanol–water partition coefficient (Wildman–Crippen LogP) is 5.87. The van der Waals surface area contributed by atoms with E-state index in [2.05, 4.69) is 35.1 Å². The van der Waals surface area contributed by atoms with Gasteiger partial charge in [0.05, 0.1) is 5.69 Å². The Morgan fingerprint density at radius 2 is 1.83 bits per heavy atom. The van der Waals surface area contributed by atoms with Gasteiger partial charge in [0.15, 0.2) is 0 Å². The lowest BCUT2D eigenvalue weighted by molar-refractivity contribution is 0.569. The summed E-state index contributed by atoms with van der Waals surface area (Å²) in [7, 11) is 1.93. The first-order valence-corrected chi connectivity index (χ1v) is 9.74. The van der Waals surface area contributed by atoms with Crippen molar-refractivity contribution >= 4 is 40.2 Å². The molecule has 152 valence electrons. The number of hydrogen-bond donors (Lipinski definition) is 1. The number of aromatic nitrogens is 2. The van der Waals surface area contributed by atoms with Crippen LogP contribution in [0.4, 0.5) is 23.1 Å². The van der Waals surface area contributed by atoms with Gasteiger partial charge in [0, 0.05) is 35.6 Å². The lowest BCUT2D eigenvalue weighted by Crippen LogP contribution is -2.15. The molecule has 3 aromatic rings. The quantitative estimate of drug-likeness (QED) is 0.526. The second-order valence-electron chi connectivity index (χ2n) is 7.44. The minimum Gasteiger partial charge on any atom is -0.329 e. The minimum absolute atomic E-state index is 0.504. The van der Waals surface area contributed by atoms with Crippen molar-refractivity contribution in [1.29, 1.82) is 0 Å². The van der Waals surface area contributed by atoms with Crippen molar-refractivity contribution in [3.63, 3.8) is 0 Å². The highest BCUT2D eigenvalue weighted by molar-refractivity contribution is 5.92. The molecule has 0 amide bonds. The van der Waals surface area contributed by atoms with Gasteiger partial charge in [0.2, 0.25) is 5.95 Å². The molecule has 0 saturated heterocycles. The van der Waals surface area contributed by atoms with Gasteiger partial charge in [-0.05, 0) is 51.0 Å². The van der Waals surface area contributed by atoms with Gasteiger partial charge in [0.25, 0.3) is 0 Å². The van der Waals surface area contributed by atoms with Crippen molar-refractivity contribution in [2.45, 2.75) is 27.7 Å². The highest BCUT2D eigenvalue weighted by Gasteiger charge is 2.15. The fourth-order valence-electron chi connectivity index (χ4n) is 3.23. The van der Waals surface area contributed by atoms with E-state index in [1.54, 1.807) is 13.1 Å². The van der Waals surface area contributed by atoms with E-state index >= 15 is 0 Å². The lowest BCUT2D eigenvalue weighted by Gasteiger charge is -2.23. The molecule has 1 aromatic heterocycles. The van der Waals surface area contributed by atoms with Gasteiger partial charge >= 0.3 is 0 Å². The van der Waals surface area contributed by atoms with Gasteiger partial charge < -0.3 is 10.2 Å². The topological polar surface area (TPSA) is 58.1 Å². The summed E-state index contributed by atoms with van der Waals surface area (Å²) in [4.78, 5) is 22.4. The largest absolute Gasteiger partial charge is 0.329 e. The maximum Gasteiger partial charge on any atom is 0.229 e. The first-order valence-electron chi connectivity index (χ1n) is 9.74. The van der Waals surface area contributed by atoms with Crippen LogP contribution >= 0.6 is 0 Å². The monoisotopic (exact) mass is 398 g/mol. The molecule has 1 N–H and O–H groups in total. The zero-order valence-corrected chi connectivity index (χ0v) is 18.1. The van der Waals surface area contributed by atoms with Crippen LogP contribution in [0.3, 0.4) is 0 Å². The van der Waals surface area contributed by atoms with Crippen LogP contribution in [0.25, 0.3) is 11.1 Å². The van der Waals surface area contributed by atoms with E-state index in [0.717, 1.165) is 45.0 Å². The van der Waals surface area contributed by atoms with Crippen molar-refractivity contribution in [3.8, 4) is 0 Å². The first-order chi connectivity index (χ1) is 14.3. The molecular formula is C25H26N4O. The molecule has 2 aromatic carbocycles. The predicted molar refractivity (Wildman–Crippen MR) is 125 cm³/mol. The van der Waals surface area contributed by atoms with Crippen molar-refractivity contribution in [3.05, 3.63) is 77.5 Å². The van der Waals surface area contributed by atoms with Gasteiger partial charge in [-0.2, -0.15) is 4.98 Å². The summed E-state index contributed by atoms with van der Waals surface area (Å²) in [5, 5.41) is 3.33. The van der Waals surface area contributed by atoms with Crippen LogP contribution in [0.2, 0.25) is 0 Å². The van der Waals surface area contributed by atoms with Crippen LogP contribution in [-0.4, -0.2) is 23.0 Å². The van der Waals surface area contributed by atoms with Gasteiger partial charge in [-0.25, -0.2) is 9.78 Å². The van der Waals surface area contributed by atoms with Crippen LogP contribution in [0.15, 0.2) is 55.2 Å². The zero-order valence-electron chi connectivity index (χ0n) is 18.1. The van der Waals surface area contributed by atoms with E-state index in [0.29, 0.717) is 11.5 Å². The molecule has 0 saturated carbocycles. The highest BCUT2D eigenvalue weighted by Crippen LogP contribution is 2.32. The fourth-order valence-corrected chi connectivity index (χ4v) is 3.23. The van der Waals surface area contributed by atoms with E-state index in [9.17, 15) is 4.79 Å². The molecule has 0 fully saturated rings. The lowest BCUT2D eigenvalue weighted by atomic mass is 10.1. The number of benzene rings is 2. The Bertz CT molecular complexity index is 1160. The van der Waals surface area contributed by atoms with Gasteiger partial charge in [-0.3, -0.25) is 0 Å². The molecule has 0 bridgehead atoms. The SMILES string of the molecule is C=C(C)c1ccc(C)c(Nc2ncc(C)c(N(C)c3ccccc3C(C)=C=O)n2)c1. The summed E-state index contributed by atoms with van der Waals surface area (Å²) in [6.45, 7) is 11.8. The van der Waals surface area contributed by atoms with E-state index in [1.165, 1.54) is 0 Å². The second kappa shape index (κ2) is 8.76. The number of anilines is 4. The van der Waals surface area contributed by atoms with E-state index in [1.807, 2.05) is 62.9 Å². The maximum absolute atomic E-state index is 11.2. The molecule has 3 rings (SSSR count). The van der Waals surface area contributed by atoms with Crippen molar-refractivity contribution in [2.75, 3.05) is 17.3 Å². The standard InChI is InChI=1S/C25H26N4O/c1-16(2)20-12-11-17(3)22(13-20)27-25-26-14-18(4)24(28-25)29(6)23-10-8-7-9-21(23)19(5)15-30/h7-14H,1H2,2-6H3,(H,26,27,28). The molecule has 0 atom stereocenters. The normalized spacial score (nSPS) is 10.3. The molecule has 0 unspecified atom stereocenters. The van der Waals surface area contributed by atoms with Crippen LogP contribution in [0.1, 0.15) is 36.1 Å². The highest BCUT2D eigenvalue weighted by atomic mass is 16.1. The molecule has 5 nitrogen and oxygen atoms in total. The third-order valence-electron chi connectivity index (χ3n) is 5.06. The number of allylic oxidation sites excluding steroid dienone is 2. The number of carbonyl (C=O) groups excluding carboxylic acids is 1. The Morgan fingerprint density at radius 3 is 2.53 bits per heavy atom. The molecule has 0 aliphatic carbocycles. The second-order valence-corrected chi connectivity index (χ2v) is 7.44. The van der Waals surface area contributed by atoms with E-state index < -0.39 is 0 Å². The number of aryl methyl sites for hydroxylation is 2.